The molecule has 6 nitrogen and oxygen atoms in total. The summed E-state index contributed by atoms with van der Waals surface area (Å²) in [6.45, 7) is 1.01. The number of rotatable bonds is 2. The Balaban J connectivity index is 1.97. The summed E-state index contributed by atoms with van der Waals surface area (Å²) in [6.07, 6.45) is 5.30. The van der Waals surface area contributed by atoms with Crippen LogP contribution in [0.15, 0.2) is 18.3 Å². The summed E-state index contributed by atoms with van der Waals surface area (Å²) in [5.41, 5.74) is 1.16. The molecule has 3 heterocycles. The molecule has 19 heavy (non-hydrogen) atoms. The number of esters is 1. The average Bonchev–Trinajstić information content (AvgIpc) is 2.90. The number of ether oxygens (including phenoxy) is 1. The molecule has 2 aromatic heterocycles. The Labute approximate surface area is 110 Å². The van der Waals surface area contributed by atoms with Gasteiger partial charge in [-0.05, 0) is 31.5 Å². The van der Waals surface area contributed by atoms with Gasteiger partial charge in [0.2, 0.25) is 0 Å². The van der Waals surface area contributed by atoms with E-state index in [0.29, 0.717) is 11.2 Å². The molecular formula is C13H16N4O2. The van der Waals surface area contributed by atoms with Crippen molar-refractivity contribution >= 4 is 11.6 Å². The maximum absolute atomic E-state index is 11.5. The number of hydrogen-bond acceptors (Lipinski definition) is 5. The molecule has 2 aromatic rings. The van der Waals surface area contributed by atoms with E-state index in [1.807, 2.05) is 10.6 Å². The summed E-state index contributed by atoms with van der Waals surface area (Å²) in [5, 5.41) is 11.8. The van der Waals surface area contributed by atoms with Crippen LogP contribution < -0.4 is 5.32 Å². The quantitative estimate of drug-likeness (QED) is 0.825. The number of carbonyl (C=O) groups is 1. The van der Waals surface area contributed by atoms with Crippen LogP contribution in [0.3, 0.4) is 0 Å². The Morgan fingerprint density at radius 2 is 2.37 bits per heavy atom. The van der Waals surface area contributed by atoms with E-state index in [0.717, 1.165) is 18.8 Å². The number of pyridine rings is 1. The van der Waals surface area contributed by atoms with Crippen LogP contribution >= 0.6 is 0 Å². The SMILES string of the molecule is COC(=O)c1ccn2c(C3CCCCN3)nnc2c1. The van der Waals surface area contributed by atoms with Crippen LogP contribution in [0.25, 0.3) is 5.65 Å². The van der Waals surface area contributed by atoms with E-state index in [1.54, 1.807) is 12.1 Å². The first-order chi connectivity index (χ1) is 9.29. The second kappa shape index (κ2) is 4.97. The lowest BCUT2D eigenvalue weighted by Crippen LogP contribution is -2.28. The second-order valence-electron chi connectivity index (χ2n) is 4.70. The Hall–Kier alpha value is -1.95. The smallest absolute Gasteiger partial charge is 0.338 e. The molecule has 3 rings (SSSR count). The number of methoxy groups -OCH3 is 1. The van der Waals surface area contributed by atoms with E-state index in [9.17, 15) is 4.79 Å². The monoisotopic (exact) mass is 260 g/mol. The van der Waals surface area contributed by atoms with E-state index in [4.69, 9.17) is 4.74 Å². The zero-order chi connectivity index (χ0) is 13.2. The van der Waals surface area contributed by atoms with Crippen molar-refractivity contribution in [1.29, 1.82) is 0 Å². The van der Waals surface area contributed by atoms with Gasteiger partial charge >= 0.3 is 5.97 Å². The van der Waals surface area contributed by atoms with Crippen molar-refractivity contribution < 1.29 is 9.53 Å². The van der Waals surface area contributed by atoms with E-state index in [2.05, 4.69) is 15.5 Å². The zero-order valence-corrected chi connectivity index (χ0v) is 10.8. The number of nitrogens with zero attached hydrogens (tertiary/aromatic N) is 3. The van der Waals surface area contributed by atoms with Gasteiger partial charge in [0.1, 0.15) is 0 Å². The van der Waals surface area contributed by atoms with Crippen LogP contribution in [-0.2, 0) is 4.74 Å². The van der Waals surface area contributed by atoms with Crippen molar-refractivity contribution in [1.82, 2.24) is 19.9 Å². The summed E-state index contributed by atoms with van der Waals surface area (Å²) in [4.78, 5) is 11.5. The minimum atomic E-state index is -0.358. The molecule has 6 heteroatoms. The number of nitrogens with one attached hydrogen (secondary N) is 1. The van der Waals surface area contributed by atoms with Gasteiger partial charge in [-0.2, -0.15) is 0 Å². The van der Waals surface area contributed by atoms with Gasteiger partial charge in [-0.15, -0.1) is 10.2 Å². The standard InChI is InChI=1S/C13H16N4O2/c1-19-13(18)9-5-7-17-11(8-9)15-16-12(17)10-4-2-3-6-14-10/h5,7-8,10,14H,2-4,6H2,1H3. The van der Waals surface area contributed by atoms with Crippen molar-refractivity contribution in [2.75, 3.05) is 13.7 Å². The van der Waals surface area contributed by atoms with Gasteiger partial charge in [0.15, 0.2) is 11.5 Å². The molecule has 0 amide bonds. The number of fused-ring (bicyclic) bond motifs is 1. The molecule has 0 saturated carbocycles. The third-order valence-electron chi connectivity index (χ3n) is 3.48. The lowest BCUT2D eigenvalue weighted by atomic mass is 10.0. The fraction of sp³-hybridized carbons (Fsp3) is 0.462. The summed E-state index contributed by atoms with van der Waals surface area (Å²) in [6, 6.07) is 3.67. The van der Waals surface area contributed by atoms with Gasteiger partial charge in [-0.25, -0.2) is 4.79 Å². The van der Waals surface area contributed by atoms with Crippen LogP contribution in [0.2, 0.25) is 0 Å². The highest BCUT2D eigenvalue weighted by Crippen LogP contribution is 2.22. The molecule has 1 aliphatic rings. The van der Waals surface area contributed by atoms with Gasteiger partial charge in [0.05, 0.1) is 18.7 Å². The molecule has 1 N–H and O–H groups in total. The second-order valence-corrected chi connectivity index (χ2v) is 4.70. The lowest BCUT2D eigenvalue weighted by Gasteiger charge is -2.21. The topological polar surface area (TPSA) is 68.5 Å². The Bertz CT molecular complexity index is 602. The highest BCUT2D eigenvalue weighted by molar-refractivity contribution is 5.90. The van der Waals surface area contributed by atoms with E-state index < -0.39 is 0 Å². The van der Waals surface area contributed by atoms with E-state index in [1.165, 1.54) is 20.0 Å². The maximum atomic E-state index is 11.5. The lowest BCUT2D eigenvalue weighted by molar-refractivity contribution is 0.0600. The fourth-order valence-electron chi connectivity index (χ4n) is 2.46. The molecule has 100 valence electrons. The number of aromatic nitrogens is 3. The normalized spacial score (nSPS) is 19.5. The van der Waals surface area contributed by atoms with Gasteiger partial charge in [0, 0.05) is 6.20 Å². The van der Waals surface area contributed by atoms with Crippen molar-refractivity contribution in [2.45, 2.75) is 25.3 Å². The summed E-state index contributed by atoms with van der Waals surface area (Å²) >= 11 is 0. The van der Waals surface area contributed by atoms with Crippen LogP contribution in [0.5, 0.6) is 0 Å². The van der Waals surface area contributed by atoms with Crippen molar-refractivity contribution in [3.05, 3.63) is 29.7 Å². The first-order valence-electron chi connectivity index (χ1n) is 6.46. The fourth-order valence-corrected chi connectivity index (χ4v) is 2.46. The molecule has 0 aliphatic carbocycles. The Morgan fingerprint density at radius 1 is 1.47 bits per heavy atom. The summed E-state index contributed by atoms with van der Waals surface area (Å²) in [7, 11) is 1.37. The minimum Gasteiger partial charge on any atom is -0.465 e. The van der Waals surface area contributed by atoms with Crippen molar-refractivity contribution in [2.24, 2.45) is 0 Å². The average molecular weight is 260 g/mol. The summed E-state index contributed by atoms with van der Waals surface area (Å²) in [5.74, 6) is 0.550. The van der Waals surface area contributed by atoms with Crippen LogP contribution in [-0.4, -0.2) is 34.2 Å². The van der Waals surface area contributed by atoms with E-state index in [-0.39, 0.29) is 12.0 Å². The van der Waals surface area contributed by atoms with Gasteiger partial charge < -0.3 is 10.1 Å². The molecule has 1 atom stereocenters. The molecular weight excluding hydrogens is 244 g/mol. The van der Waals surface area contributed by atoms with Crippen LogP contribution in [0, 0.1) is 0 Å². The highest BCUT2D eigenvalue weighted by atomic mass is 16.5. The summed E-state index contributed by atoms with van der Waals surface area (Å²) < 4.78 is 6.63. The third kappa shape index (κ3) is 2.19. The highest BCUT2D eigenvalue weighted by Gasteiger charge is 2.20. The predicted molar refractivity (Wildman–Crippen MR) is 68.9 cm³/mol. The van der Waals surface area contributed by atoms with E-state index >= 15 is 0 Å². The first-order valence-corrected chi connectivity index (χ1v) is 6.46. The number of carbonyl (C=O) groups excluding carboxylic acids is 1. The number of hydrogen-bond donors (Lipinski definition) is 1. The Kier molecular flexibility index (Phi) is 3.16. The van der Waals surface area contributed by atoms with Crippen molar-refractivity contribution in [3.63, 3.8) is 0 Å². The molecule has 1 saturated heterocycles. The van der Waals surface area contributed by atoms with Crippen LogP contribution in [0.1, 0.15) is 41.5 Å². The molecule has 0 bridgehead atoms. The molecule has 1 fully saturated rings. The van der Waals surface area contributed by atoms with Crippen LogP contribution in [0.4, 0.5) is 0 Å². The maximum Gasteiger partial charge on any atom is 0.338 e. The predicted octanol–water partition coefficient (Wildman–Crippen LogP) is 1.33. The first kappa shape index (κ1) is 12.1. The molecule has 0 aromatic carbocycles. The molecule has 0 spiro atoms. The molecule has 1 aliphatic heterocycles. The van der Waals surface area contributed by atoms with Gasteiger partial charge in [-0.3, -0.25) is 4.40 Å². The largest absolute Gasteiger partial charge is 0.465 e. The van der Waals surface area contributed by atoms with Gasteiger partial charge in [0.25, 0.3) is 0 Å². The Morgan fingerprint density at radius 3 is 3.11 bits per heavy atom. The minimum absolute atomic E-state index is 0.243. The van der Waals surface area contributed by atoms with Gasteiger partial charge in [-0.1, -0.05) is 6.42 Å². The third-order valence-corrected chi connectivity index (χ3v) is 3.48. The molecule has 0 radical (unpaired) electrons. The number of piperidine rings is 1. The molecule has 1 unspecified atom stereocenters. The van der Waals surface area contributed by atoms with Crippen molar-refractivity contribution in [3.8, 4) is 0 Å². The zero-order valence-electron chi connectivity index (χ0n) is 10.8.